The van der Waals surface area contributed by atoms with Crippen molar-refractivity contribution in [3.63, 3.8) is 0 Å². The van der Waals surface area contributed by atoms with Crippen molar-refractivity contribution in [2.24, 2.45) is 10.9 Å². The predicted octanol–water partition coefficient (Wildman–Crippen LogP) is 2.68. The van der Waals surface area contributed by atoms with Gasteiger partial charge in [-0.3, -0.25) is 5.41 Å². The summed E-state index contributed by atoms with van der Waals surface area (Å²) in [5, 5.41) is 14.7. The summed E-state index contributed by atoms with van der Waals surface area (Å²) in [7, 11) is 2.79. The third-order valence-electron chi connectivity index (χ3n) is 1.13. The molecule has 0 heterocycles. The van der Waals surface area contributed by atoms with Crippen LogP contribution in [-0.2, 0) is 0 Å². The van der Waals surface area contributed by atoms with Gasteiger partial charge in [0.1, 0.15) is 0 Å². The van der Waals surface area contributed by atoms with E-state index < -0.39 is 0 Å². The maximum absolute atomic E-state index is 7.37. The molecule has 0 aliphatic carbocycles. The highest BCUT2D eigenvalue weighted by Crippen LogP contribution is 2.18. The monoisotopic (exact) mass is 203 g/mol. The highest BCUT2D eigenvalue weighted by molar-refractivity contribution is 8.82. The van der Waals surface area contributed by atoms with Crippen molar-refractivity contribution in [3.8, 4) is 0 Å². The number of nitrogens with zero attached hydrogens (tertiary/aromatic N) is 1. The lowest BCUT2D eigenvalue weighted by Gasteiger charge is -2.02. The Labute approximate surface area is 80.8 Å². The summed E-state index contributed by atoms with van der Waals surface area (Å²) in [4.78, 5) is 3.98. The van der Waals surface area contributed by atoms with Gasteiger partial charge in [-0.2, -0.15) is 0 Å². The summed E-state index contributed by atoms with van der Waals surface area (Å²) >= 11 is 0. The van der Waals surface area contributed by atoms with Crippen LogP contribution in [0.15, 0.2) is 4.99 Å². The van der Waals surface area contributed by atoms with Gasteiger partial charge in [0.05, 0.1) is 5.71 Å². The molecule has 0 saturated carbocycles. The second-order valence-electron chi connectivity index (χ2n) is 2.39. The lowest BCUT2D eigenvalue weighted by Crippen LogP contribution is -2.09. The molecular weight excluding hydrogens is 190 g/mol. The fourth-order valence-corrected chi connectivity index (χ4v) is 1.43. The van der Waals surface area contributed by atoms with E-state index in [1.54, 1.807) is 0 Å². The highest BCUT2D eigenvalue weighted by Gasteiger charge is 2.02. The maximum atomic E-state index is 7.37. The molecule has 2 N–H and O–H groups in total. The van der Waals surface area contributed by atoms with Crippen molar-refractivity contribution in [3.05, 3.63) is 0 Å². The summed E-state index contributed by atoms with van der Waals surface area (Å²) in [5.41, 5.74) is 0.654. The Morgan fingerprint density at radius 3 is 2.42 bits per heavy atom. The molecule has 0 aromatic rings. The van der Waals surface area contributed by atoms with Crippen LogP contribution in [0.2, 0.25) is 0 Å². The second kappa shape index (κ2) is 6.25. The molecule has 0 saturated heterocycles. The zero-order valence-corrected chi connectivity index (χ0v) is 9.05. The molecule has 0 aromatic heterocycles. The largest absolute Gasteiger partial charge is 0.307 e. The molecule has 0 aromatic carbocycles. The Bertz CT molecular complexity index is 199. The molecule has 3 nitrogen and oxygen atoms in total. The number of hydrogen-bond acceptors (Lipinski definition) is 4. The minimum atomic E-state index is 0.213. The molecule has 0 aliphatic rings. The molecular formula is C7H13N3S2. The smallest absolute Gasteiger partial charge is 0.191 e. The van der Waals surface area contributed by atoms with Crippen molar-refractivity contribution in [2.45, 2.75) is 13.8 Å². The fourth-order valence-electron chi connectivity index (χ4n) is 0.543. The second-order valence-corrected chi connectivity index (χ2v) is 4.78. The first-order valence-corrected chi connectivity index (χ1v) is 6.06. The van der Waals surface area contributed by atoms with Gasteiger partial charge in [-0.25, -0.2) is 4.99 Å². The van der Waals surface area contributed by atoms with Gasteiger partial charge in [0.15, 0.2) is 5.17 Å². The molecule has 0 amide bonds. The quantitative estimate of drug-likeness (QED) is 0.421. The van der Waals surface area contributed by atoms with E-state index in [0.29, 0.717) is 5.71 Å². The van der Waals surface area contributed by atoms with Crippen LogP contribution in [0.3, 0.4) is 0 Å². The van der Waals surface area contributed by atoms with Gasteiger partial charge >= 0.3 is 0 Å². The van der Waals surface area contributed by atoms with Gasteiger partial charge in [0.2, 0.25) is 0 Å². The van der Waals surface area contributed by atoms with E-state index >= 15 is 0 Å². The van der Waals surface area contributed by atoms with E-state index in [9.17, 15) is 0 Å². The first-order chi connectivity index (χ1) is 5.61. The van der Waals surface area contributed by atoms with E-state index in [0.717, 1.165) is 0 Å². The summed E-state index contributed by atoms with van der Waals surface area (Å²) in [6.45, 7) is 3.92. The van der Waals surface area contributed by atoms with Crippen LogP contribution in [-0.4, -0.2) is 23.3 Å². The van der Waals surface area contributed by atoms with Gasteiger partial charge in [0.25, 0.3) is 0 Å². The molecule has 0 bridgehead atoms. The standard InChI is InChI=1S/C7H13N3S2/c1-5(2)6(4-8)10-7(9)12-11-3/h4-5,8-9H,1-3H3. The van der Waals surface area contributed by atoms with Crippen LogP contribution in [0.4, 0.5) is 0 Å². The average molecular weight is 203 g/mol. The van der Waals surface area contributed by atoms with E-state index in [-0.39, 0.29) is 11.1 Å². The first kappa shape index (κ1) is 11.7. The lowest BCUT2D eigenvalue weighted by atomic mass is 10.1. The van der Waals surface area contributed by atoms with Gasteiger partial charge in [-0.1, -0.05) is 24.6 Å². The molecule has 12 heavy (non-hydrogen) atoms. The summed E-state index contributed by atoms with van der Waals surface area (Å²) in [6.07, 6.45) is 3.11. The third kappa shape index (κ3) is 4.56. The Hall–Kier alpha value is -0.290. The summed E-state index contributed by atoms with van der Waals surface area (Å²) in [5.74, 6) is 0.213. The number of amidine groups is 1. The Balaban J connectivity index is 4.27. The van der Waals surface area contributed by atoms with Crippen LogP contribution in [0.1, 0.15) is 13.8 Å². The molecule has 0 atom stereocenters. The lowest BCUT2D eigenvalue weighted by molar-refractivity contribution is 0.897. The van der Waals surface area contributed by atoms with Crippen LogP contribution >= 0.6 is 21.6 Å². The van der Waals surface area contributed by atoms with E-state index in [1.807, 2.05) is 20.1 Å². The Kier molecular flexibility index (Phi) is 6.10. The molecule has 0 radical (unpaired) electrons. The van der Waals surface area contributed by atoms with Crippen molar-refractivity contribution >= 4 is 38.7 Å². The molecule has 0 aliphatic heterocycles. The Morgan fingerprint density at radius 2 is 2.08 bits per heavy atom. The number of hydrogen-bond donors (Lipinski definition) is 2. The van der Waals surface area contributed by atoms with Crippen LogP contribution in [0.25, 0.3) is 0 Å². The van der Waals surface area contributed by atoms with Crippen LogP contribution in [0.5, 0.6) is 0 Å². The number of nitrogens with one attached hydrogen (secondary N) is 2. The van der Waals surface area contributed by atoms with Crippen molar-refractivity contribution in [1.29, 1.82) is 10.8 Å². The van der Waals surface area contributed by atoms with E-state index in [4.69, 9.17) is 10.8 Å². The topological polar surface area (TPSA) is 60.1 Å². The van der Waals surface area contributed by atoms with Crippen molar-refractivity contribution in [2.75, 3.05) is 6.26 Å². The van der Waals surface area contributed by atoms with Crippen molar-refractivity contribution < 1.29 is 0 Å². The molecule has 5 heteroatoms. The number of aliphatic imine (C=N–C) groups is 1. The number of rotatable bonds is 3. The van der Waals surface area contributed by atoms with Crippen LogP contribution in [0, 0.1) is 16.7 Å². The Morgan fingerprint density at radius 1 is 1.50 bits per heavy atom. The summed E-state index contributed by atoms with van der Waals surface area (Å²) < 4.78 is 0. The zero-order chi connectivity index (χ0) is 9.56. The predicted molar refractivity (Wildman–Crippen MR) is 59.9 cm³/mol. The average Bonchev–Trinajstić information content (AvgIpc) is 2.00. The minimum Gasteiger partial charge on any atom is -0.307 e. The van der Waals surface area contributed by atoms with Gasteiger partial charge in [-0.05, 0) is 23.0 Å². The molecule has 68 valence electrons. The molecule has 0 unspecified atom stereocenters. The van der Waals surface area contributed by atoms with Crippen molar-refractivity contribution in [1.82, 2.24) is 0 Å². The normalized spacial score (nSPS) is 11.8. The third-order valence-corrected chi connectivity index (χ3v) is 2.52. The fraction of sp³-hybridized carbons (Fsp3) is 0.571. The summed E-state index contributed by atoms with van der Waals surface area (Å²) in [6, 6.07) is 0. The zero-order valence-electron chi connectivity index (χ0n) is 7.42. The van der Waals surface area contributed by atoms with Gasteiger partial charge in [0, 0.05) is 6.21 Å². The minimum absolute atomic E-state index is 0.213. The SMILES string of the molecule is CSSC(=N)N=C(C=N)C(C)C. The van der Waals surface area contributed by atoms with Gasteiger partial charge in [-0.15, -0.1) is 0 Å². The molecule has 0 rings (SSSR count). The highest BCUT2D eigenvalue weighted by atomic mass is 33.1. The molecule has 0 fully saturated rings. The maximum Gasteiger partial charge on any atom is 0.191 e. The molecule has 0 spiro atoms. The van der Waals surface area contributed by atoms with E-state index in [1.165, 1.54) is 27.8 Å². The van der Waals surface area contributed by atoms with Gasteiger partial charge < -0.3 is 5.41 Å². The van der Waals surface area contributed by atoms with Crippen LogP contribution < -0.4 is 0 Å². The van der Waals surface area contributed by atoms with E-state index in [2.05, 4.69) is 4.99 Å². The first-order valence-electron chi connectivity index (χ1n) is 3.50.